The molecule has 2 fully saturated rings. The first-order valence-electron chi connectivity index (χ1n) is 10.9. The van der Waals surface area contributed by atoms with Crippen LogP contribution in [0.5, 0.6) is 11.5 Å². The molecule has 2 aliphatic heterocycles. The van der Waals surface area contributed by atoms with Crippen molar-refractivity contribution in [1.82, 2.24) is 10.2 Å². The lowest BCUT2D eigenvalue weighted by atomic mass is 9.38. The number of methoxy groups -OCH3 is 1. The summed E-state index contributed by atoms with van der Waals surface area (Å²) in [4.78, 5) is 15.0. The van der Waals surface area contributed by atoms with Gasteiger partial charge in [0.15, 0.2) is 11.5 Å². The first kappa shape index (κ1) is 19.8. The van der Waals surface area contributed by atoms with Gasteiger partial charge in [0.05, 0.1) is 16.8 Å². The summed E-state index contributed by atoms with van der Waals surface area (Å²) in [5.41, 5.74) is 1.15. The summed E-state index contributed by atoms with van der Waals surface area (Å²) in [5.74, 6) is 0.743. The zero-order chi connectivity index (χ0) is 21.6. The summed E-state index contributed by atoms with van der Waals surface area (Å²) < 4.78 is 12.9. The second-order valence-electron chi connectivity index (χ2n) is 9.56. The van der Waals surface area contributed by atoms with Gasteiger partial charge in [-0.15, -0.1) is 6.58 Å². The summed E-state index contributed by atoms with van der Waals surface area (Å²) in [5, 5.41) is 14.2. The molecule has 0 radical (unpaired) electrons. The first-order valence-corrected chi connectivity index (χ1v) is 12.1. The van der Waals surface area contributed by atoms with E-state index < -0.39 is 5.60 Å². The lowest BCUT2D eigenvalue weighted by molar-refractivity contribution is -0.202. The molecule has 2 unspecified atom stereocenters. The van der Waals surface area contributed by atoms with Crippen molar-refractivity contribution < 1.29 is 19.4 Å². The molecule has 164 valence electrons. The van der Waals surface area contributed by atoms with Gasteiger partial charge < -0.3 is 19.9 Å². The van der Waals surface area contributed by atoms with Crippen LogP contribution in [0.15, 0.2) is 36.9 Å². The van der Waals surface area contributed by atoms with Gasteiger partial charge >= 0.3 is 0 Å². The van der Waals surface area contributed by atoms with Gasteiger partial charge in [0, 0.05) is 30.7 Å². The Bertz CT molecular complexity index is 1030. The predicted molar refractivity (Wildman–Crippen MR) is 120 cm³/mol. The number of nitrogens with one attached hydrogen (secondary N) is 1. The maximum atomic E-state index is 12.5. The van der Waals surface area contributed by atoms with E-state index in [1.165, 1.54) is 11.1 Å². The molecule has 4 bridgehead atoms. The fourth-order valence-electron chi connectivity index (χ4n) is 7.71. The Morgan fingerprint density at radius 3 is 3.06 bits per heavy atom. The molecule has 2 heterocycles. The van der Waals surface area contributed by atoms with Crippen LogP contribution in [0.4, 0.5) is 0 Å². The number of hydrogen-bond donors (Lipinski definition) is 2. The molecule has 0 aromatic heterocycles. The summed E-state index contributed by atoms with van der Waals surface area (Å²) in [6, 6.07) is 3.87. The van der Waals surface area contributed by atoms with Crippen LogP contribution >= 0.6 is 15.9 Å². The van der Waals surface area contributed by atoms with Gasteiger partial charge in [-0.3, -0.25) is 9.69 Å². The fraction of sp³-hybridized carbons (Fsp3) is 0.542. The van der Waals surface area contributed by atoms with Crippen LogP contribution in [0.3, 0.4) is 0 Å². The van der Waals surface area contributed by atoms with Crippen molar-refractivity contribution in [1.29, 1.82) is 0 Å². The Kier molecular flexibility index (Phi) is 4.07. The summed E-state index contributed by atoms with van der Waals surface area (Å²) in [7, 11) is 1.70. The van der Waals surface area contributed by atoms with Crippen molar-refractivity contribution in [2.45, 2.75) is 48.5 Å². The van der Waals surface area contributed by atoms with Gasteiger partial charge in [-0.2, -0.15) is 0 Å². The number of halogens is 1. The van der Waals surface area contributed by atoms with Crippen molar-refractivity contribution >= 4 is 21.8 Å². The molecule has 7 rings (SSSR count). The second kappa shape index (κ2) is 6.36. The molecule has 6 atom stereocenters. The van der Waals surface area contributed by atoms with E-state index in [-0.39, 0.29) is 46.0 Å². The third kappa shape index (κ3) is 2.09. The monoisotopic (exact) mass is 486 g/mol. The predicted octanol–water partition coefficient (Wildman–Crippen LogP) is 2.43. The van der Waals surface area contributed by atoms with E-state index in [1.807, 2.05) is 6.08 Å². The van der Waals surface area contributed by atoms with Gasteiger partial charge in [-0.05, 0) is 37.4 Å². The van der Waals surface area contributed by atoms with Gasteiger partial charge in [-0.1, -0.05) is 40.2 Å². The number of nitrogens with zero attached hydrogens (tertiary/aromatic N) is 1. The highest BCUT2D eigenvalue weighted by Gasteiger charge is 2.79. The largest absolute Gasteiger partial charge is 0.504 e. The quantitative estimate of drug-likeness (QED) is 0.494. The summed E-state index contributed by atoms with van der Waals surface area (Å²) in [6.45, 7) is 5.77. The van der Waals surface area contributed by atoms with Crippen molar-refractivity contribution in [2.24, 2.45) is 5.41 Å². The number of phenolic OH excluding ortho intramolecular Hbond substituents is 1. The summed E-state index contributed by atoms with van der Waals surface area (Å²) >= 11 is 3.29. The fourth-order valence-corrected chi connectivity index (χ4v) is 7.87. The average Bonchev–Trinajstić information content (AvgIpc) is 3.14. The second-order valence-corrected chi connectivity index (χ2v) is 10.1. The molecular formula is C24H27BrN2O4. The van der Waals surface area contributed by atoms with E-state index in [1.54, 1.807) is 13.2 Å². The average molecular weight is 487 g/mol. The number of benzene rings is 1. The summed E-state index contributed by atoms with van der Waals surface area (Å²) in [6.07, 6.45) is 8.75. The maximum absolute atomic E-state index is 12.5. The Morgan fingerprint density at radius 1 is 1.48 bits per heavy atom. The Balaban J connectivity index is 1.62. The Morgan fingerprint density at radius 2 is 2.32 bits per heavy atom. The molecule has 6 aliphatic rings. The normalized spacial score (nSPS) is 40.9. The van der Waals surface area contributed by atoms with Crippen LogP contribution < -0.4 is 10.1 Å². The van der Waals surface area contributed by atoms with E-state index in [0.29, 0.717) is 5.75 Å². The smallest absolute Gasteiger partial charge is 0.230 e. The number of ether oxygens (including phenoxy) is 2. The number of fused-ring (bicyclic) bond motifs is 1. The number of hydrogen-bond acceptors (Lipinski definition) is 5. The molecule has 1 amide bonds. The molecule has 31 heavy (non-hydrogen) atoms. The molecular weight excluding hydrogens is 460 g/mol. The molecule has 2 spiro atoms. The topological polar surface area (TPSA) is 71.0 Å². The van der Waals surface area contributed by atoms with Crippen LogP contribution in [0.2, 0.25) is 0 Å². The van der Waals surface area contributed by atoms with E-state index in [4.69, 9.17) is 9.47 Å². The number of phenols is 1. The van der Waals surface area contributed by atoms with Gasteiger partial charge in [0.25, 0.3) is 0 Å². The minimum absolute atomic E-state index is 0.0595. The van der Waals surface area contributed by atoms with Crippen molar-refractivity contribution in [3.8, 4) is 11.5 Å². The van der Waals surface area contributed by atoms with Crippen LogP contribution in [0, 0.1) is 5.41 Å². The zero-order valence-electron chi connectivity index (χ0n) is 17.6. The maximum Gasteiger partial charge on any atom is 0.230 e. The number of rotatable bonds is 5. The highest BCUT2D eigenvalue weighted by Crippen LogP contribution is 2.73. The number of alkyl halides is 1. The van der Waals surface area contributed by atoms with Crippen LogP contribution in [-0.2, 0) is 21.4 Å². The third-order valence-electron chi connectivity index (χ3n) is 8.74. The Hall–Kier alpha value is -1.83. The molecule has 4 aliphatic carbocycles. The molecule has 6 nitrogen and oxygen atoms in total. The van der Waals surface area contributed by atoms with Crippen LogP contribution in [0.1, 0.15) is 24.0 Å². The van der Waals surface area contributed by atoms with Crippen LogP contribution in [-0.4, -0.2) is 65.2 Å². The van der Waals surface area contributed by atoms with Gasteiger partial charge in [-0.25, -0.2) is 0 Å². The number of likely N-dealkylation sites (tertiary alicyclic amines) is 1. The molecule has 7 heteroatoms. The SMILES string of the molecule is C=CCN1CC[C@]23c4c5ccc(O)c4O[C@H]2C2(OC)C=C[C@@]3(CC2NC(=O)CBr)[C@H]1C5. The number of amides is 1. The highest BCUT2D eigenvalue weighted by molar-refractivity contribution is 9.09. The number of piperidine rings is 1. The molecule has 1 saturated carbocycles. The highest BCUT2D eigenvalue weighted by atomic mass is 79.9. The number of carbonyl (C=O) groups is 1. The number of aromatic hydroxyl groups is 1. The minimum atomic E-state index is -0.787. The lowest BCUT2D eigenvalue weighted by Gasteiger charge is -2.71. The number of carbonyl (C=O) groups excluding carboxylic acids is 1. The molecule has 1 saturated heterocycles. The van der Waals surface area contributed by atoms with Gasteiger partial charge in [0.1, 0.15) is 11.7 Å². The zero-order valence-corrected chi connectivity index (χ0v) is 19.2. The Labute approximate surface area is 190 Å². The minimum Gasteiger partial charge on any atom is -0.504 e. The lowest BCUT2D eigenvalue weighted by Crippen LogP contribution is -2.82. The van der Waals surface area contributed by atoms with E-state index in [9.17, 15) is 9.90 Å². The molecule has 2 N–H and O–H groups in total. The van der Waals surface area contributed by atoms with Crippen molar-refractivity contribution in [2.75, 3.05) is 25.5 Å². The molecule has 1 aromatic rings. The van der Waals surface area contributed by atoms with E-state index >= 15 is 0 Å². The first-order chi connectivity index (χ1) is 15.0. The van der Waals surface area contributed by atoms with Crippen LogP contribution in [0.25, 0.3) is 0 Å². The van der Waals surface area contributed by atoms with Gasteiger partial charge in [0.2, 0.25) is 5.91 Å². The van der Waals surface area contributed by atoms with Crippen molar-refractivity contribution in [3.05, 3.63) is 48.1 Å². The molecule has 1 aromatic carbocycles. The van der Waals surface area contributed by atoms with E-state index in [0.717, 1.165) is 32.4 Å². The standard InChI is InChI=1S/C24H27BrN2O4/c1-3-9-27-10-8-23-19-14-4-5-15(28)20(19)31-21(23)24(30-2)7-6-22(23,17(27)11-14)12-16(24)26-18(29)13-25/h3-7,16-17,21,28H,1,8-13H2,2H3,(H,26,29)/t16?,17-,21-,22-,23+,24?/m1/s1. The van der Waals surface area contributed by atoms with Crippen molar-refractivity contribution in [3.63, 3.8) is 0 Å². The van der Waals surface area contributed by atoms with E-state index in [2.05, 4.69) is 50.9 Å². The third-order valence-corrected chi connectivity index (χ3v) is 9.25.